The first-order valence-electron chi connectivity index (χ1n) is 11.7. The molecule has 2 rings (SSSR count). The molecule has 2 aromatic carbocycles. The first-order chi connectivity index (χ1) is 18.1. The Labute approximate surface area is 219 Å². The van der Waals surface area contributed by atoms with Crippen molar-refractivity contribution in [2.45, 2.75) is 44.9 Å². The summed E-state index contributed by atoms with van der Waals surface area (Å²) in [5.74, 6) is -3.66. The van der Waals surface area contributed by atoms with Crippen LogP contribution in [0.15, 0.2) is 54.6 Å². The van der Waals surface area contributed by atoms with E-state index in [2.05, 4.69) is 10.6 Å². The zero-order valence-corrected chi connectivity index (χ0v) is 21.5. The molecule has 3 atom stereocenters. The highest BCUT2D eigenvalue weighted by Crippen LogP contribution is 2.27. The summed E-state index contributed by atoms with van der Waals surface area (Å²) < 4.78 is 14.8. The number of nitrogens with zero attached hydrogens (tertiary/aromatic N) is 1. The molecule has 0 bridgehead atoms. The van der Waals surface area contributed by atoms with Gasteiger partial charge in [-0.2, -0.15) is 0 Å². The summed E-state index contributed by atoms with van der Waals surface area (Å²) >= 11 is 0. The molecule has 0 aromatic heterocycles. The minimum absolute atomic E-state index is 0.00869. The zero-order valence-electron chi connectivity index (χ0n) is 21.5. The van der Waals surface area contributed by atoms with Gasteiger partial charge in [-0.15, -0.1) is 0 Å². The van der Waals surface area contributed by atoms with Gasteiger partial charge in [0.05, 0.1) is 25.6 Å². The van der Waals surface area contributed by atoms with Gasteiger partial charge in [0.25, 0.3) is 5.69 Å². The Hall–Kier alpha value is -4.48. The van der Waals surface area contributed by atoms with Crippen LogP contribution in [0.2, 0.25) is 0 Å². The number of nitro groups is 1. The predicted octanol–water partition coefficient (Wildman–Crippen LogP) is 2.85. The molecule has 0 saturated heterocycles. The van der Waals surface area contributed by atoms with E-state index >= 15 is 0 Å². The maximum absolute atomic E-state index is 13.3. The largest absolute Gasteiger partial charge is 0.469 e. The molecule has 2 amide bonds. The van der Waals surface area contributed by atoms with Crippen LogP contribution in [0.5, 0.6) is 0 Å². The minimum Gasteiger partial charge on any atom is -0.469 e. The van der Waals surface area contributed by atoms with Crippen LogP contribution in [0.1, 0.15) is 37.3 Å². The number of benzene rings is 2. The number of nitro benzene ring substituents is 1. The third-order valence-corrected chi connectivity index (χ3v) is 5.74. The van der Waals surface area contributed by atoms with Gasteiger partial charge in [0.1, 0.15) is 18.7 Å². The second-order valence-electron chi connectivity index (χ2n) is 8.67. The quantitative estimate of drug-likeness (QED) is 0.182. The molecule has 12 heteroatoms. The molecule has 0 unspecified atom stereocenters. The number of nitrogens with one attached hydrogen (secondary N) is 2. The van der Waals surface area contributed by atoms with Crippen LogP contribution in [0.25, 0.3) is 0 Å². The van der Waals surface area contributed by atoms with E-state index in [1.807, 2.05) is 6.07 Å². The number of hydrogen-bond acceptors (Lipinski definition) is 9. The highest BCUT2D eigenvalue weighted by Gasteiger charge is 2.37. The molecule has 38 heavy (non-hydrogen) atoms. The summed E-state index contributed by atoms with van der Waals surface area (Å²) in [6.07, 6.45) is -1.17. The fraction of sp³-hybridized carbons (Fsp3) is 0.385. The van der Waals surface area contributed by atoms with Crippen molar-refractivity contribution >= 4 is 29.6 Å². The molecular formula is C26H31N3O9. The van der Waals surface area contributed by atoms with Crippen LogP contribution < -0.4 is 10.6 Å². The molecule has 0 spiro atoms. The van der Waals surface area contributed by atoms with E-state index in [-0.39, 0.29) is 18.7 Å². The number of carbonyl (C=O) groups is 4. The number of amides is 2. The van der Waals surface area contributed by atoms with E-state index in [9.17, 15) is 29.3 Å². The highest BCUT2D eigenvalue weighted by atomic mass is 16.6. The predicted molar refractivity (Wildman–Crippen MR) is 135 cm³/mol. The van der Waals surface area contributed by atoms with Crippen LogP contribution in [-0.2, 0) is 35.2 Å². The molecule has 0 heterocycles. The first-order valence-corrected chi connectivity index (χ1v) is 11.7. The molecule has 0 radical (unpaired) electrons. The standard InChI is InChI=1S/C26H31N3O9/c1-16(2)22(28-26(33)38-15-17-8-6-5-7-9-17)24(31)27-23(25(32)37-4)20(14-21(30)36-3)18-10-12-19(13-11-18)29(34)35/h5-13,16,20,22-23H,14-15H2,1-4H3,(H,27,31)(H,28,33)/t20-,22+,23+/m0/s1. The zero-order chi connectivity index (χ0) is 28.2. The lowest BCUT2D eigenvalue weighted by Crippen LogP contribution is -2.55. The molecule has 0 aliphatic carbocycles. The maximum atomic E-state index is 13.3. The average molecular weight is 530 g/mol. The van der Waals surface area contributed by atoms with E-state index in [0.717, 1.165) is 12.7 Å². The number of methoxy groups -OCH3 is 2. The van der Waals surface area contributed by atoms with Crippen molar-refractivity contribution < 1.29 is 38.3 Å². The normalized spacial score (nSPS) is 13.0. The Balaban J connectivity index is 2.26. The van der Waals surface area contributed by atoms with E-state index < -0.39 is 52.8 Å². The van der Waals surface area contributed by atoms with Crippen LogP contribution in [0, 0.1) is 16.0 Å². The van der Waals surface area contributed by atoms with Crippen molar-refractivity contribution in [1.82, 2.24) is 10.6 Å². The highest BCUT2D eigenvalue weighted by molar-refractivity contribution is 5.90. The first kappa shape index (κ1) is 29.7. The van der Waals surface area contributed by atoms with Gasteiger partial charge in [-0.05, 0) is 17.0 Å². The summed E-state index contributed by atoms with van der Waals surface area (Å²) in [7, 11) is 2.28. The van der Waals surface area contributed by atoms with Crippen molar-refractivity contribution in [3.63, 3.8) is 0 Å². The number of alkyl carbamates (subject to hydrolysis) is 1. The van der Waals surface area contributed by atoms with Crippen molar-refractivity contribution in [3.05, 3.63) is 75.8 Å². The van der Waals surface area contributed by atoms with Gasteiger partial charge < -0.3 is 24.8 Å². The lowest BCUT2D eigenvalue weighted by Gasteiger charge is -2.29. The summed E-state index contributed by atoms with van der Waals surface area (Å²) in [6.45, 7) is 3.37. The van der Waals surface area contributed by atoms with Crippen LogP contribution >= 0.6 is 0 Å². The second kappa shape index (κ2) is 14.3. The molecular weight excluding hydrogens is 498 g/mol. The number of hydrogen-bond donors (Lipinski definition) is 2. The number of esters is 2. The van der Waals surface area contributed by atoms with E-state index in [1.165, 1.54) is 31.4 Å². The molecule has 0 aliphatic heterocycles. The van der Waals surface area contributed by atoms with Crippen molar-refractivity contribution in [2.75, 3.05) is 14.2 Å². The van der Waals surface area contributed by atoms with Gasteiger partial charge in [-0.3, -0.25) is 19.7 Å². The van der Waals surface area contributed by atoms with Crippen molar-refractivity contribution in [2.24, 2.45) is 5.92 Å². The van der Waals surface area contributed by atoms with Crippen molar-refractivity contribution in [1.29, 1.82) is 0 Å². The van der Waals surface area contributed by atoms with E-state index in [1.54, 1.807) is 38.1 Å². The minimum atomic E-state index is -1.38. The average Bonchev–Trinajstić information content (AvgIpc) is 2.92. The van der Waals surface area contributed by atoms with E-state index in [4.69, 9.17) is 14.2 Å². The third-order valence-electron chi connectivity index (χ3n) is 5.74. The Kier molecular flexibility index (Phi) is 11.2. The Morgan fingerprint density at radius 2 is 1.53 bits per heavy atom. The van der Waals surface area contributed by atoms with Gasteiger partial charge in [0.15, 0.2) is 0 Å². The monoisotopic (exact) mass is 529 g/mol. The van der Waals surface area contributed by atoms with Gasteiger partial charge in [0.2, 0.25) is 5.91 Å². The van der Waals surface area contributed by atoms with Gasteiger partial charge in [-0.1, -0.05) is 56.3 Å². The fourth-order valence-corrected chi connectivity index (χ4v) is 3.65. The van der Waals surface area contributed by atoms with Crippen molar-refractivity contribution in [3.8, 4) is 0 Å². The van der Waals surface area contributed by atoms with Gasteiger partial charge >= 0.3 is 18.0 Å². The Morgan fingerprint density at radius 1 is 0.895 bits per heavy atom. The molecule has 2 N–H and O–H groups in total. The number of non-ortho nitro benzene ring substituents is 1. The summed E-state index contributed by atoms with van der Waals surface area (Å²) in [4.78, 5) is 61.1. The Morgan fingerprint density at radius 3 is 2.05 bits per heavy atom. The Bertz CT molecular complexity index is 1120. The number of rotatable bonds is 12. The topological polar surface area (TPSA) is 163 Å². The summed E-state index contributed by atoms with van der Waals surface area (Å²) in [5, 5.41) is 16.1. The van der Waals surface area contributed by atoms with Crippen LogP contribution in [0.4, 0.5) is 10.5 Å². The number of ether oxygens (including phenoxy) is 3. The maximum Gasteiger partial charge on any atom is 0.408 e. The van der Waals surface area contributed by atoms with Crippen LogP contribution in [-0.4, -0.2) is 55.2 Å². The molecule has 12 nitrogen and oxygen atoms in total. The second-order valence-corrected chi connectivity index (χ2v) is 8.67. The summed E-state index contributed by atoms with van der Waals surface area (Å²) in [6, 6.07) is 11.7. The third kappa shape index (κ3) is 8.57. The van der Waals surface area contributed by atoms with E-state index in [0.29, 0.717) is 5.56 Å². The molecule has 0 saturated carbocycles. The number of carbonyl (C=O) groups excluding carboxylic acids is 4. The van der Waals surface area contributed by atoms with Crippen LogP contribution in [0.3, 0.4) is 0 Å². The van der Waals surface area contributed by atoms with Gasteiger partial charge in [0, 0.05) is 18.1 Å². The molecule has 2 aromatic rings. The molecule has 204 valence electrons. The summed E-state index contributed by atoms with van der Waals surface area (Å²) in [5.41, 5.74) is 0.919. The molecule has 0 aliphatic rings. The smallest absolute Gasteiger partial charge is 0.408 e. The van der Waals surface area contributed by atoms with Gasteiger partial charge in [-0.25, -0.2) is 9.59 Å². The lowest BCUT2D eigenvalue weighted by molar-refractivity contribution is -0.384. The lowest BCUT2D eigenvalue weighted by atomic mass is 9.87. The fourth-order valence-electron chi connectivity index (χ4n) is 3.65. The molecule has 0 fully saturated rings. The SMILES string of the molecule is COC(=O)C[C@@H](c1ccc([N+](=O)[O-])cc1)[C@@H](NC(=O)[C@H](NC(=O)OCc1ccccc1)C(C)C)C(=O)OC.